The molecule has 0 spiro atoms. The zero-order chi connectivity index (χ0) is 13.2. The van der Waals surface area contributed by atoms with Gasteiger partial charge in [-0.2, -0.15) is 0 Å². The van der Waals surface area contributed by atoms with E-state index in [0.29, 0.717) is 5.88 Å². The molecule has 3 rings (SSSR count). The summed E-state index contributed by atoms with van der Waals surface area (Å²) in [6.07, 6.45) is 4.93. The van der Waals surface area contributed by atoms with E-state index in [1.165, 1.54) is 23.3 Å². The number of aryl methyl sites for hydroxylation is 2. The maximum Gasteiger partial charge on any atom is 0.218 e. The monoisotopic (exact) mass is 276 g/mol. The maximum atomic E-state index is 5.11. The molecule has 100 valence electrons. The Labute approximate surface area is 116 Å². The van der Waals surface area contributed by atoms with E-state index in [4.69, 9.17) is 4.74 Å². The number of methoxy groups -OCH3 is 1. The summed E-state index contributed by atoms with van der Waals surface area (Å²) >= 11 is 1.80. The summed E-state index contributed by atoms with van der Waals surface area (Å²) in [5.74, 6) is 1.36. The largest absolute Gasteiger partial charge is 0.481 e. The number of hydrogen-bond donors (Lipinski definition) is 1. The fraction of sp³-hybridized carbons (Fsp3) is 0.462. The number of nitrogens with zero attached hydrogens (tertiary/aromatic N) is 3. The maximum absolute atomic E-state index is 5.11. The first-order valence-corrected chi connectivity index (χ1v) is 7.16. The van der Waals surface area contributed by atoms with E-state index < -0.39 is 0 Å². The summed E-state index contributed by atoms with van der Waals surface area (Å²) in [5.41, 5.74) is 1.19. The number of ether oxygens (including phenoxy) is 1. The number of rotatable bonds is 3. The molecule has 0 saturated carbocycles. The summed E-state index contributed by atoms with van der Waals surface area (Å²) in [7, 11) is 1.61. The van der Waals surface area contributed by atoms with E-state index >= 15 is 0 Å². The Kier molecular flexibility index (Phi) is 3.33. The standard InChI is InChI=1S/C13H16N4OS/c1-8-16-13-9(4-3-5-10(13)19-8)17-11-6-12(18-2)15-7-14-11/h6-7,9H,3-5H2,1-2H3,(H,14,15,17)/t9-/m0/s1. The van der Waals surface area contributed by atoms with Crippen LogP contribution in [0.5, 0.6) is 5.88 Å². The van der Waals surface area contributed by atoms with Gasteiger partial charge >= 0.3 is 0 Å². The molecule has 1 aliphatic carbocycles. The van der Waals surface area contributed by atoms with Crippen molar-refractivity contribution in [2.75, 3.05) is 12.4 Å². The molecule has 2 aromatic heterocycles. The molecule has 0 aromatic carbocycles. The van der Waals surface area contributed by atoms with Gasteiger partial charge in [-0.15, -0.1) is 11.3 Å². The third-order valence-corrected chi connectivity index (χ3v) is 4.28. The molecule has 1 atom stereocenters. The minimum Gasteiger partial charge on any atom is -0.481 e. The van der Waals surface area contributed by atoms with Gasteiger partial charge in [-0.05, 0) is 26.2 Å². The molecular formula is C13H16N4OS. The van der Waals surface area contributed by atoms with Gasteiger partial charge in [0.05, 0.1) is 23.9 Å². The minimum atomic E-state index is 0.244. The van der Waals surface area contributed by atoms with Gasteiger partial charge in [-0.3, -0.25) is 0 Å². The van der Waals surface area contributed by atoms with Crippen LogP contribution < -0.4 is 10.1 Å². The quantitative estimate of drug-likeness (QED) is 0.934. The van der Waals surface area contributed by atoms with Crippen molar-refractivity contribution in [2.45, 2.75) is 32.2 Å². The molecule has 0 bridgehead atoms. The zero-order valence-electron chi connectivity index (χ0n) is 11.0. The first-order chi connectivity index (χ1) is 9.26. The van der Waals surface area contributed by atoms with Gasteiger partial charge in [-0.25, -0.2) is 15.0 Å². The molecule has 0 amide bonds. The molecule has 0 saturated heterocycles. The lowest BCUT2D eigenvalue weighted by Gasteiger charge is -2.22. The van der Waals surface area contributed by atoms with Crippen molar-refractivity contribution in [3.8, 4) is 5.88 Å². The zero-order valence-corrected chi connectivity index (χ0v) is 11.8. The molecule has 0 fully saturated rings. The Morgan fingerprint density at radius 2 is 2.32 bits per heavy atom. The molecule has 1 N–H and O–H groups in total. The van der Waals surface area contributed by atoms with Gasteiger partial charge in [0.15, 0.2) is 0 Å². The molecule has 0 radical (unpaired) electrons. The Bertz CT molecular complexity index is 584. The lowest BCUT2D eigenvalue weighted by molar-refractivity contribution is 0.397. The molecule has 6 heteroatoms. The van der Waals surface area contributed by atoms with Gasteiger partial charge in [0, 0.05) is 10.9 Å². The van der Waals surface area contributed by atoms with E-state index in [9.17, 15) is 0 Å². The fourth-order valence-corrected chi connectivity index (χ4v) is 3.43. The Morgan fingerprint density at radius 1 is 1.42 bits per heavy atom. The number of thiazole rings is 1. The van der Waals surface area contributed by atoms with E-state index in [-0.39, 0.29) is 6.04 Å². The number of nitrogens with one attached hydrogen (secondary N) is 1. The van der Waals surface area contributed by atoms with E-state index in [2.05, 4.69) is 27.2 Å². The molecule has 1 aliphatic rings. The summed E-state index contributed by atoms with van der Waals surface area (Å²) in [5, 5.41) is 4.58. The van der Waals surface area contributed by atoms with Crippen LogP contribution >= 0.6 is 11.3 Å². The van der Waals surface area contributed by atoms with E-state index in [0.717, 1.165) is 23.7 Å². The van der Waals surface area contributed by atoms with Gasteiger partial charge in [0.2, 0.25) is 5.88 Å². The summed E-state index contributed by atoms with van der Waals surface area (Å²) in [4.78, 5) is 14.3. The van der Waals surface area contributed by atoms with Crippen molar-refractivity contribution in [2.24, 2.45) is 0 Å². The van der Waals surface area contributed by atoms with Crippen LogP contribution in [0.2, 0.25) is 0 Å². The van der Waals surface area contributed by atoms with Crippen LogP contribution in [-0.2, 0) is 6.42 Å². The summed E-state index contributed by atoms with van der Waals surface area (Å²) in [6, 6.07) is 2.06. The Hall–Kier alpha value is -1.69. The average molecular weight is 276 g/mol. The minimum absolute atomic E-state index is 0.244. The van der Waals surface area contributed by atoms with Crippen LogP contribution in [0, 0.1) is 6.92 Å². The molecule has 0 unspecified atom stereocenters. The predicted molar refractivity (Wildman–Crippen MR) is 74.7 cm³/mol. The second kappa shape index (κ2) is 5.13. The summed E-state index contributed by atoms with van der Waals surface area (Å²) in [6.45, 7) is 2.06. The number of fused-ring (bicyclic) bond motifs is 1. The van der Waals surface area contributed by atoms with Crippen molar-refractivity contribution < 1.29 is 4.74 Å². The third-order valence-electron chi connectivity index (χ3n) is 3.23. The Morgan fingerprint density at radius 3 is 3.16 bits per heavy atom. The highest BCUT2D eigenvalue weighted by Gasteiger charge is 2.24. The predicted octanol–water partition coefficient (Wildman–Crippen LogP) is 2.74. The summed E-state index contributed by atoms with van der Waals surface area (Å²) < 4.78 is 5.11. The Balaban J connectivity index is 1.83. The van der Waals surface area contributed by atoms with Gasteiger partial charge in [0.25, 0.3) is 0 Å². The molecule has 2 heterocycles. The van der Waals surface area contributed by atoms with Crippen LogP contribution in [0.15, 0.2) is 12.4 Å². The fourth-order valence-electron chi connectivity index (χ4n) is 2.39. The lowest BCUT2D eigenvalue weighted by Crippen LogP contribution is -2.17. The van der Waals surface area contributed by atoms with Crippen LogP contribution in [0.1, 0.15) is 34.5 Å². The third kappa shape index (κ3) is 2.53. The van der Waals surface area contributed by atoms with Crippen LogP contribution in [0.25, 0.3) is 0 Å². The van der Waals surface area contributed by atoms with Gasteiger partial charge in [0.1, 0.15) is 12.1 Å². The second-order valence-corrected chi connectivity index (χ2v) is 5.86. The topological polar surface area (TPSA) is 59.9 Å². The van der Waals surface area contributed by atoms with Crippen molar-refractivity contribution in [3.63, 3.8) is 0 Å². The normalized spacial score (nSPS) is 17.9. The van der Waals surface area contributed by atoms with Crippen LogP contribution in [0.3, 0.4) is 0 Å². The molecule has 0 aliphatic heterocycles. The molecular weight excluding hydrogens is 260 g/mol. The molecule has 2 aromatic rings. The second-order valence-electron chi connectivity index (χ2n) is 4.58. The van der Waals surface area contributed by atoms with Crippen molar-refractivity contribution >= 4 is 17.2 Å². The van der Waals surface area contributed by atoms with Gasteiger partial charge in [-0.1, -0.05) is 0 Å². The van der Waals surface area contributed by atoms with Crippen LogP contribution in [0.4, 0.5) is 5.82 Å². The van der Waals surface area contributed by atoms with E-state index in [1.807, 2.05) is 6.07 Å². The molecule has 19 heavy (non-hydrogen) atoms. The number of anilines is 1. The first-order valence-electron chi connectivity index (χ1n) is 6.35. The van der Waals surface area contributed by atoms with Crippen LogP contribution in [-0.4, -0.2) is 22.1 Å². The van der Waals surface area contributed by atoms with E-state index in [1.54, 1.807) is 18.4 Å². The lowest BCUT2D eigenvalue weighted by atomic mass is 9.97. The number of aromatic nitrogens is 3. The smallest absolute Gasteiger partial charge is 0.218 e. The number of hydrogen-bond acceptors (Lipinski definition) is 6. The average Bonchev–Trinajstić information content (AvgIpc) is 2.80. The highest BCUT2D eigenvalue weighted by molar-refractivity contribution is 7.11. The highest BCUT2D eigenvalue weighted by atomic mass is 32.1. The van der Waals surface area contributed by atoms with Crippen molar-refractivity contribution in [1.29, 1.82) is 0 Å². The van der Waals surface area contributed by atoms with Gasteiger partial charge < -0.3 is 10.1 Å². The van der Waals surface area contributed by atoms with Crippen molar-refractivity contribution in [1.82, 2.24) is 15.0 Å². The highest BCUT2D eigenvalue weighted by Crippen LogP contribution is 2.34. The van der Waals surface area contributed by atoms with Crippen molar-refractivity contribution in [3.05, 3.63) is 28.0 Å². The molecule has 5 nitrogen and oxygen atoms in total. The first kappa shape index (κ1) is 12.3. The SMILES string of the molecule is COc1cc(N[C@H]2CCCc3sc(C)nc32)ncn1.